The fourth-order valence-corrected chi connectivity index (χ4v) is 2.43. The van der Waals surface area contributed by atoms with Gasteiger partial charge >= 0.3 is 0 Å². The maximum atomic E-state index is 12.2. The van der Waals surface area contributed by atoms with Crippen molar-refractivity contribution < 1.29 is 14.3 Å². The summed E-state index contributed by atoms with van der Waals surface area (Å²) in [6.45, 7) is 2.20. The molecule has 3 rings (SSSR count). The Morgan fingerprint density at radius 3 is 2.72 bits per heavy atom. The molecule has 2 amide bonds. The van der Waals surface area contributed by atoms with Crippen LogP contribution in [0.1, 0.15) is 17.4 Å². The van der Waals surface area contributed by atoms with Crippen molar-refractivity contribution in [3.63, 3.8) is 0 Å². The van der Waals surface area contributed by atoms with E-state index in [1.165, 1.54) is 0 Å². The second-order valence-corrected chi connectivity index (χ2v) is 5.28. The molecule has 0 aliphatic carbocycles. The average molecular weight is 338 g/mol. The predicted octanol–water partition coefficient (Wildman–Crippen LogP) is 2.33. The molecule has 0 saturated heterocycles. The van der Waals surface area contributed by atoms with E-state index < -0.39 is 5.91 Å². The van der Waals surface area contributed by atoms with Gasteiger partial charge in [-0.3, -0.25) is 14.7 Å². The summed E-state index contributed by atoms with van der Waals surface area (Å²) >= 11 is 0. The largest absolute Gasteiger partial charge is 0.492 e. The van der Waals surface area contributed by atoms with E-state index >= 15 is 0 Å². The van der Waals surface area contributed by atoms with Gasteiger partial charge in [0, 0.05) is 5.39 Å². The Hall–Kier alpha value is -3.35. The van der Waals surface area contributed by atoms with Gasteiger partial charge in [-0.2, -0.15) is 5.10 Å². The molecule has 0 aliphatic heterocycles. The summed E-state index contributed by atoms with van der Waals surface area (Å²) < 4.78 is 5.45. The third-order valence-corrected chi connectivity index (χ3v) is 3.56. The van der Waals surface area contributed by atoms with Crippen molar-refractivity contribution in [1.29, 1.82) is 0 Å². The monoisotopic (exact) mass is 338 g/mol. The zero-order valence-electron chi connectivity index (χ0n) is 13.7. The number of fused-ring (bicyclic) bond motifs is 1. The van der Waals surface area contributed by atoms with E-state index in [0.29, 0.717) is 23.4 Å². The van der Waals surface area contributed by atoms with Crippen molar-refractivity contribution >= 4 is 28.4 Å². The molecule has 7 nitrogen and oxygen atoms in total. The third kappa shape index (κ3) is 3.77. The summed E-state index contributed by atoms with van der Waals surface area (Å²) in [7, 11) is 0. The minimum absolute atomic E-state index is 0.166. The Balaban J connectivity index is 1.62. The van der Waals surface area contributed by atoms with Crippen molar-refractivity contribution in [3.05, 3.63) is 54.2 Å². The molecule has 0 unspecified atom stereocenters. The molecule has 7 heteroatoms. The minimum Gasteiger partial charge on any atom is -0.492 e. The number of rotatable bonds is 6. The van der Waals surface area contributed by atoms with Gasteiger partial charge in [-0.1, -0.05) is 30.3 Å². The first-order chi connectivity index (χ1) is 12.2. The lowest BCUT2D eigenvalue weighted by molar-refractivity contribution is -0.115. The minimum atomic E-state index is -0.411. The van der Waals surface area contributed by atoms with Crippen LogP contribution in [0.4, 0.5) is 5.69 Å². The Morgan fingerprint density at radius 2 is 1.88 bits per heavy atom. The molecule has 1 aromatic heterocycles. The van der Waals surface area contributed by atoms with Gasteiger partial charge in [-0.15, -0.1) is 0 Å². The van der Waals surface area contributed by atoms with Gasteiger partial charge in [0.1, 0.15) is 5.75 Å². The second kappa shape index (κ2) is 7.48. The van der Waals surface area contributed by atoms with Crippen LogP contribution in [-0.4, -0.2) is 35.2 Å². The standard InChI is InChI=1S/C18H18N4O3/c1-2-25-15-10-6-5-9-14(15)20-16(23)11-19-18(24)17-12-7-3-4-8-13(12)21-22-17/h3-10H,2,11H2,1H3,(H,19,24)(H,20,23)(H,21,22). The molecule has 0 atom stereocenters. The van der Waals surface area contributed by atoms with E-state index in [0.717, 1.165) is 5.52 Å². The zero-order chi connectivity index (χ0) is 17.6. The van der Waals surface area contributed by atoms with Crippen LogP contribution < -0.4 is 15.4 Å². The topological polar surface area (TPSA) is 96.1 Å². The molecule has 0 bridgehead atoms. The summed E-state index contributed by atoms with van der Waals surface area (Å²) in [5.41, 5.74) is 1.59. The van der Waals surface area contributed by atoms with Crippen molar-refractivity contribution in [2.75, 3.05) is 18.5 Å². The van der Waals surface area contributed by atoms with Gasteiger partial charge in [0.25, 0.3) is 5.91 Å². The van der Waals surface area contributed by atoms with E-state index in [-0.39, 0.29) is 18.1 Å². The lowest BCUT2D eigenvalue weighted by Gasteiger charge is -2.11. The molecule has 3 N–H and O–H groups in total. The van der Waals surface area contributed by atoms with Gasteiger partial charge in [-0.25, -0.2) is 0 Å². The van der Waals surface area contributed by atoms with Crippen molar-refractivity contribution in [2.24, 2.45) is 0 Å². The first-order valence-electron chi connectivity index (χ1n) is 7.92. The maximum Gasteiger partial charge on any atom is 0.272 e. The number of nitrogens with one attached hydrogen (secondary N) is 3. The van der Waals surface area contributed by atoms with Gasteiger partial charge in [0.05, 0.1) is 24.4 Å². The van der Waals surface area contributed by atoms with Crippen LogP contribution in [0.5, 0.6) is 5.75 Å². The number of H-pyrrole nitrogens is 1. The molecule has 0 saturated carbocycles. The Labute approximate surface area is 144 Å². The smallest absolute Gasteiger partial charge is 0.272 e. The Kier molecular flexibility index (Phi) is 4.94. The number of anilines is 1. The van der Waals surface area contributed by atoms with Gasteiger partial charge < -0.3 is 15.4 Å². The summed E-state index contributed by atoms with van der Waals surface area (Å²) in [5.74, 6) is -0.172. The van der Waals surface area contributed by atoms with Crippen molar-refractivity contribution in [3.8, 4) is 5.75 Å². The van der Waals surface area contributed by atoms with E-state index in [4.69, 9.17) is 4.74 Å². The third-order valence-electron chi connectivity index (χ3n) is 3.56. The number of aromatic nitrogens is 2. The quantitative estimate of drug-likeness (QED) is 0.643. The highest BCUT2D eigenvalue weighted by Crippen LogP contribution is 2.23. The zero-order valence-corrected chi connectivity index (χ0v) is 13.7. The predicted molar refractivity (Wildman–Crippen MR) is 94.7 cm³/mol. The number of ether oxygens (including phenoxy) is 1. The van der Waals surface area contributed by atoms with Crippen molar-refractivity contribution in [1.82, 2.24) is 15.5 Å². The van der Waals surface area contributed by atoms with Crippen LogP contribution in [0.2, 0.25) is 0 Å². The fourth-order valence-electron chi connectivity index (χ4n) is 2.43. The summed E-state index contributed by atoms with van der Waals surface area (Å²) in [6.07, 6.45) is 0. The molecule has 2 aromatic carbocycles. The van der Waals surface area contributed by atoms with Gasteiger partial charge in [-0.05, 0) is 25.1 Å². The maximum absolute atomic E-state index is 12.2. The molecule has 0 spiro atoms. The average Bonchev–Trinajstić information content (AvgIpc) is 3.06. The number of benzene rings is 2. The summed E-state index contributed by atoms with van der Waals surface area (Å²) in [5, 5.41) is 12.8. The van der Waals surface area contributed by atoms with Crippen LogP contribution in [0.3, 0.4) is 0 Å². The molecule has 25 heavy (non-hydrogen) atoms. The molecule has 0 fully saturated rings. The SMILES string of the molecule is CCOc1ccccc1NC(=O)CNC(=O)c1n[nH]c2ccccc12. The number of para-hydroxylation sites is 3. The van der Waals surface area contributed by atoms with Crippen LogP contribution in [0.15, 0.2) is 48.5 Å². The first-order valence-corrected chi connectivity index (χ1v) is 7.92. The number of carbonyl (C=O) groups excluding carboxylic acids is 2. The molecular weight excluding hydrogens is 320 g/mol. The second-order valence-electron chi connectivity index (χ2n) is 5.28. The van der Waals surface area contributed by atoms with E-state index in [1.54, 1.807) is 24.3 Å². The highest BCUT2D eigenvalue weighted by atomic mass is 16.5. The van der Waals surface area contributed by atoms with E-state index in [1.807, 2.05) is 31.2 Å². The summed E-state index contributed by atoms with van der Waals surface area (Å²) in [6, 6.07) is 14.4. The number of carbonyl (C=O) groups is 2. The molecule has 1 heterocycles. The number of nitrogens with zero attached hydrogens (tertiary/aromatic N) is 1. The fraction of sp³-hybridized carbons (Fsp3) is 0.167. The molecule has 128 valence electrons. The van der Waals surface area contributed by atoms with E-state index in [9.17, 15) is 9.59 Å². The molecule has 0 aliphatic rings. The van der Waals surface area contributed by atoms with Gasteiger partial charge in [0.2, 0.25) is 5.91 Å². The van der Waals surface area contributed by atoms with E-state index in [2.05, 4.69) is 20.8 Å². The molecular formula is C18H18N4O3. The van der Waals surface area contributed by atoms with Crippen LogP contribution >= 0.6 is 0 Å². The number of aromatic amines is 1. The molecule has 3 aromatic rings. The molecule has 0 radical (unpaired) electrons. The first kappa shape index (κ1) is 16.5. The van der Waals surface area contributed by atoms with Crippen LogP contribution in [-0.2, 0) is 4.79 Å². The highest BCUT2D eigenvalue weighted by molar-refractivity contribution is 6.06. The summed E-state index contributed by atoms with van der Waals surface area (Å²) in [4.78, 5) is 24.3. The van der Waals surface area contributed by atoms with Crippen LogP contribution in [0, 0.1) is 0 Å². The van der Waals surface area contributed by atoms with Gasteiger partial charge in [0.15, 0.2) is 5.69 Å². The van der Waals surface area contributed by atoms with Crippen LogP contribution in [0.25, 0.3) is 10.9 Å². The highest BCUT2D eigenvalue weighted by Gasteiger charge is 2.15. The Bertz CT molecular complexity index is 904. The lowest BCUT2D eigenvalue weighted by Crippen LogP contribution is -2.33. The normalized spacial score (nSPS) is 10.4. The number of hydrogen-bond acceptors (Lipinski definition) is 4. The Morgan fingerprint density at radius 1 is 1.12 bits per heavy atom. The lowest BCUT2D eigenvalue weighted by atomic mass is 10.2. The number of hydrogen-bond donors (Lipinski definition) is 3. The van der Waals surface area contributed by atoms with Crippen molar-refractivity contribution in [2.45, 2.75) is 6.92 Å². The number of amides is 2.